The Labute approximate surface area is 354 Å². The number of anilines is 3. The number of rotatable bonds is 4. The zero-order valence-electron chi connectivity index (χ0n) is 33.4. The molecule has 0 N–H and O–H groups in total. The summed E-state index contributed by atoms with van der Waals surface area (Å²) in [5.74, 6) is 0. The largest absolute Gasteiger partial charge is 0.309 e. The van der Waals surface area contributed by atoms with Gasteiger partial charge >= 0.3 is 0 Å². The van der Waals surface area contributed by atoms with E-state index in [9.17, 15) is 0 Å². The van der Waals surface area contributed by atoms with Gasteiger partial charge in [0.05, 0.1) is 15.8 Å². The minimum Gasteiger partial charge on any atom is -0.309 e. The fourth-order valence-corrected chi connectivity index (χ4v) is 12.6. The molecular formula is C58H39NS. The molecule has 1 spiro atoms. The zero-order chi connectivity index (χ0) is 39.7. The number of hydrogen-bond acceptors (Lipinski definition) is 2. The summed E-state index contributed by atoms with van der Waals surface area (Å²) < 4.78 is 2.65. The fraction of sp³-hybridized carbons (Fsp3) is 0.0690. The van der Waals surface area contributed by atoms with E-state index in [1.165, 1.54) is 109 Å². The average molecular weight is 782 g/mol. The maximum absolute atomic E-state index is 2.50. The summed E-state index contributed by atoms with van der Waals surface area (Å²) in [7, 11) is 0. The van der Waals surface area contributed by atoms with E-state index in [2.05, 4.69) is 219 Å². The van der Waals surface area contributed by atoms with Crippen LogP contribution in [0.15, 0.2) is 200 Å². The maximum Gasteiger partial charge on any atom is 0.0726 e. The van der Waals surface area contributed by atoms with Gasteiger partial charge in [-0.3, -0.25) is 0 Å². The molecule has 60 heavy (non-hydrogen) atoms. The van der Waals surface area contributed by atoms with E-state index < -0.39 is 0 Å². The second kappa shape index (κ2) is 12.3. The minimum absolute atomic E-state index is 0.115. The molecule has 0 aliphatic heterocycles. The van der Waals surface area contributed by atoms with E-state index in [4.69, 9.17) is 0 Å². The van der Waals surface area contributed by atoms with Gasteiger partial charge in [0.1, 0.15) is 0 Å². The van der Waals surface area contributed by atoms with Crippen molar-refractivity contribution in [2.24, 2.45) is 0 Å². The van der Waals surface area contributed by atoms with Crippen LogP contribution in [0.1, 0.15) is 47.2 Å². The summed E-state index contributed by atoms with van der Waals surface area (Å²) in [5, 5.41) is 2.60. The molecule has 1 heterocycles. The minimum atomic E-state index is -0.367. The second-order valence-corrected chi connectivity index (χ2v) is 18.2. The van der Waals surface area contributed by atoms with Crippen LogP contribution in [-0.2, 0) is 10.8 Å². The van der Waals surface area contributed by atoms with Gasteiger partial charge in [-0.2, -0.15) is 0 Å². The van der Waals surface area contributed by atoms with Gasteiger partial charge in [0.2, 0.25) is 0 Å². The highest BCUT2D eigenvalue weighted by molar-refractivity contribution is 7.27. The third-order valence-electron chi connectivity index (χ3n) is 13.9. The van der Waals surface area contributed by atoms with Crippen LogP contribution < -0.4 is 4.90 Å². The van der Waals surface area contributed by atoms with Crippen molar-refractivity contribution in [2.75, 3.05) is 4.90 Å². The summed E-state index contributed by atoms with van der Waals surface area (Å²) in [6.07, 6.45) is 0. The van der Waals surface area contributed by atoms with E-state index in [-0.39, 0.29) is 10.8 Å². The normalized spacial score (nSPS) is 14.4. The number of hydrogen-bond donors (Lipinski definition) is 0. The number of thiophene rings is 1. The van der Waals surface area contributed by atoms with Crippen LogP contribution in [0.5, 0.6) is 0 Å². The molecule has 0 saturated heterocycles. The Hall–Kier alpha value is -7.00. The molecule has 3 aliphatic rings. The molecule has 0 fully saturated rings. The number of benzene rings is 9. The van der Waals surface area contributed by atoms with Gasteiger partial charge in [-0.05, 0) is 103 Å². The van der Waals surface area contributed by atoms with Crippen LogP contribution in [0.3, 0.4) is 0 Å². The monoisotopic (exact) mass is 781 g/mol. The lowest BCUT2D eigenvalue weighted by molar-refractivity contribution is 0.660. The lowest BCUT2D eigenvalue weighted by Crippen LogP contribution is -2.25. The van der Waals surface area contributed by atoms with Gasteiger partial charge in [-0.15, -0.1) is 11.3 Å². The third-order valence-corrected chi connectivity index (χ3v) is 15.2. The first-order valence-corrected chi connectivity index (χ1v) is 21.8. The van der Waals surface area contributed by atoms with Gasteiger partial charge in [-0.1, -0.05) is 184 Å². The molecular weight excluding hydrogens is 743 g/mol. The first kappa shape index (κ1) is 33.9. The Morgan fingerprint density at radius 2 is 0.900 bits per heavy atom. The molecule has 13 rings (SSSR count). The highest BCUT2D eigenvalue weighted by Crippen LogP contribution is 2.65. The molecule has 10 aromatic rings. The maximum atomic E-state index is 2.50. The Bertz CT molecular complexity index is 3360. The standard InChI is InChI=1S/C58H39NS/c1-57(2)47-22-10-6-17-40(47)43-32-31-39(35-52(43)57)59(38-29-27-37(28-30-38)36-15-4-3-5-16-36)53-26-14-21-44-45-33-34-51-54(56(45)60-55(44)53)46-20-9-13-25-50(46)58(51)48-23-11-7-18-41(48)42-19-8-12-24-49(42)58/h3-35H,1-2H3. The van der Waals surface area contributed by atoms with Crippen molar-refractivity contribution >= 4 is 48.6 Å². The van der Waals surface area contributed by atoms with E-state index in [1.54, 1.807) is 0 Å². The molecule has 0 bridgehead atoms. The number of nitrogens with zero attached hydrogens (tertiary/aromatic N) is 1. The molecule has 0 unspecified atom stereocenters. The average Bonchev–Trinajstić information content (AvgIpc) is 4.00. The molecule has 1 nitrogen and oxygen atoms in total. The number of fused-ring (bicyclic) bond motifs is 17. The van der Waals surface area contributed by atoms with Gasteiger partial charge < -0.3 is 4.90 Å². The SMILES string of the molecule is CC1(C)c2ccccc2-c2ccc(N(c3ccc(-c4ccccc4)cc3)c3cccc4c3sc3c5c(ccc34)C3(c4ccccc4-c4ccccc43)c3ccccc3-5)cc21. The Morgan fingerprint density at radius 1 is 0.367 bits per heavy atom. The Morgan fingerprint density at radius 3 is 1.60 bits per heavy atom. The molecule has 0 atom stereocenters. The Balaban J connectivity index is 1.06. The van der Waals surface area contributed by atoms with Crippen molar-refractivity contribution in [1.29, 1.82) is 0 Å². The third kappa shape index (κ3) is 4.36. The molecule has 0 saturated carbocycles. The molecule has 282 valence electrons. The summed E-state index contributed by atoms with van der Waals surface area (Å²) in [4.78, 5) is 2.50. The first-order chi connectivity index (χ1) is 29.5. The van der Waals surface area contributed by atoms with Crippen molar-refractivity contribution < 1.29 is 0 Å². The molecule has 3 aliphatic carbocycles. The molecule has 9 aromatic carbocycles. The van der Waals surface area contributed by atoms with E-state index in [0.717, 1.165) is 5.69 Å². The van der Waals surface area contributed by atoms with Crippen LogP contribution in [0.25, 0.3) is 64.7 Å². The van der Waals surface area contributed by atoms with Crippen LogP contribution in [-0.4, -0.2) is 0 Å². The summed E-state index contributed by atoms with van der Waals surface area (Å²) in [5.41, 5.74) is 21.8. The van der Waals surface area contributed by atoms with Crippen molar-refractivity contribution in [3.63, 3.8) is 0 Å². The smallest absolute Gasteiger partial charge is 0.0726 e. The fourth-order valence-electron chi connectivity index (χ4n) is 11.3. The van der Waals surface area contributed by atoms with Crippen molar-refractivity contribution in [3.8, 4) is 44.5 Å². The molecule has 0 amide bonds. The van der Waals surface area contributed by atoms with Crippen molar-refractivity contribution in [1.82, 2.24) is 0 Å². The van der Waals surface area contributed by atoms with Crippen LogP contribution >= 0.6 is 11.3 Å². The molecule has 0 radical (unpaired) electrons. The zero-order valence-corrected chi connectivity index (χ0v) is 34.2. The Kier molecular flexibility index (Phi) is 6.94. The van der Waals surface area contributed by atoms with Crippen LogP contribution in [0.2, 0.25) is 0 Å². The highest BCUT2D eigenvalue weighted by atomic mass is 32.1. The lowest BCUT2D eigenvalue weighted by atomic mass is 9.70. The van der Waals surface area contributed by atoms with Gasteiger partial charge in [0.15, 0.2) is 0 Å². The van der Waals surface area contributed by atoms with E-state index in [0.29, 0.717) is 0 Å². The van der Waals surface area contributed by atoms with E-state index >= 15 is 0 Å². The molecule has 2 heteroatoms. The highest BCUT2D eigenvalue weighted by Gasteiger charge is 2.52. The predicted octanol–water partition coefficient (Wildman–Crippen LogP) is 15.8. The van der Waals surface area contributed by atoms with Gasteiger partial charge in [0, 0.05) is 37.8 Å². The first-order valence-electron chi connectivity index (χ1n) is 21.0. The predicted molar refractivity (Wildman–Crippen MR) is 253 cm³/mol. The van der Waals surface area contributed by atoms with Crippen molar-refractivity contribution in [3.05, 3.63) is 234 Å². The summed E-state index contributed by atoms with van der Waals surface area (Å²) in [6, 6.07) is 75.1. The quantitative estimate of drug-likeness (QED) is 0.172. The topological polar surface area (TPSA) is 3.24 Å². The molecule has 1 aromatic heterocycles. The second-order valence-electron chi connectivity index (χ2n) is 17.2. The summed E-state index contributed by atoms with van der Waals surface area (Å²) >= 11 is 1.95. The van der Waals surface area contributed by atoms with Crippen LogP contribution in [0, 0.1) is 0 Å². The van der Waals surface area contributed by atoms with Gasteiger partial charge in [0.25, 0.3) is 0 Å². The van der Waals surface area contributed by atoms with Gasteiger partial charge in [-0.25, -0.2) is 0 Å². The summed E-state index contributed by atoms with van der Waals surface area (Å²) in [6.45, 7) is 4.75. The van der Waals surface area contributed by atoms with Crippen molar-refractivity contribution in [2.45, 2.75) is 24.7 Å². The lowest BCUT2D eigenvalue weighted by Gasteiger charge is -2.30. The van der Waals surface area contributed by atoms with Crippen LogP contribution in [0.4, 0.5) is 17.1 Å². The van der Waals surface area contributed by atoms with E-state index in [1.807, 2.05) is 11.3 Å².